The van der Waals surface area contributed by atoms with Crippen molar-refractivity contribution >= 4 is 29.1 Å². The van der Waals surface area contributed by atoms with Crippen molar-refractivity contribution in [1.29, 1.82) is 0 Å². The molecule has 2 aromatic rings. The molecular formula is C26H31FN4O4. The smallest absolute Gasteiger partial charge is 0.238 e. The molecule has 0 spiro atoms. The van der Waals surface area contributed by atoms with E-state index in [0.29, 0.717) is 36.8 Å². The van der Waals surface area contributed by atoms with Crippen LogP contribution in [0.2, 0.25) is 0 Å². The van der Waals surface area contributed by atoms with Crippen LogP contribution in [0.15, 0.2) is 42.5 Å². The number of nitrogens with zero attached hydrogens (tertiary/aromatic N) is 2. The zero-order chi connectivity index (χ0) is 25.1. The Hall–Kier alpha value is -3.46. The zero-order valence-corrected chi connectivity index (χ0v) is 20.2. The summed E-state index contributed by atoms with van der Waals surface area (Å²) in [5, 5.41) is 5.61. The van der Waals surface area contributed by atoms with Gasteiger partial charge in [-0.15, -0.1) is 0 Å². The molecule has 9 heteroatoms. The molecule has 8 nitrogen and oxygen atoms in total. The maximum absolute atomic E-state index is 13.5. The molecule has 3 amide bonds. The van der Waals surface area contributed by atoms with Gasteiger partial charge in [0.1, 0.15) is 11.6 Å². The lowest BCUT2D eigenvalue weighted by Crippen LogP contribution is -2.49. The average molecular weight is 483 g/mol. The summed E-state index contributed by atoms with van der Waals surface area (Å²) in [6.45, 7) is 5.11. The minimum Gasteiger partial charge on any atom is -0.497 e. The van der Waals surface area contributed by atoms with Gasteiger partial charge in [-0.1, -0.05) is 12.1 Å². The molecule has 2 fully saturated rings. The van der Waals surface area contributed by atoms with Crippen molar-refractivity contribution in [2.24, 2.45) is 5.92 Å². The molecule has 0 aromatic heterocycles. The van der Waals surface area contributed by atoms with E-state index in [-0.39, 0.29) is 48.0 Å². The number of hydrogen-bond acceptors (Lipinski definition) is 5. The Morgan fingerprint density at radius 3 is 2.43 bits per heavy atom. The first-order valence-corrected chi connectivity index (χ1v) is 11.8. The molecule has 0 saturated carbocycles. The van der Waals surface area contributed by atoms with E-state index in [4.69, 9.17) is 4.74 Å². The number of anilines is 2. The second kappa shape index (κ2) is 10.4. The van der Waals surface area contributed by atoms with Gasteiger partial charge in [-0.2, -0.15) is 0 Å². The Bertz CT molecular complexity index is 1110. The van der Waals surface area contributed by atoms with E-state index in [1.807, 2.05) is 4.90 Å². The molecule has 4 rings (SSSR count). The minimum absolute atomic E-state index is 0.0410. The second-order valence-corrected chi connectivity index (χ2v) is 9.23. The number of halogens is 1. The van der Waals surface area contributed by atoms with Gasteiger partial charge in [-0.25, -0.2) is 4.39 Å². The van der Waals surface area contributed by atoms with Crippen LogP contribution in [0.4, 0.5) is 15.8 Å². The highest BCUT2D eigenvalue weighted by molar-refractivity contribution is 5.99. The lowest BCUT2D eigenvalue weighted by molar-refractivity contribution is -0.131. The third-order valence-electron chi connectivity index (χ3n) is 6.90. The van der Waals surface area contributed by atoms with E-state index < -0.39 is 0 Å². The van der Waals surface area contributed by atoms with Crippen LogP contribution in [-0.4, -0.2) is 66.9 Å². The molecule has 2 aliphatic heterocycles. The van der Waals surface area contributed by atoms with Crippen LogP contribution < -0.4 is 15.4 Å². The molecule has 2 aromatic carbocycles. The molecule has 2 heterocycles. The number of benzene rings is 2. The van der Waals surface area contributed by atoms with Gasteiger partial charge >= 0.3 is 0 Å². The van der Waals surface area contributed by atoms with Crippen LogP contribution in [0.3, 0.4) is 0 Å². The molecule has 0 aliphatic carbocycles. The maximum Gasteiger partial charge on any atom is 0.238 e. The van der Waals surface area contributed by atoms with Crippen molar-refractivity contribution in [2.45, 2.75) is 32.2 Å². The molecule has 0 bridgehead atoms. The third-order valence-corrected chi connectivity index (χ3v) is 6.90. The van der Waals surface area contributed by atoms with Crippen molar-refractivity contribution in [2.75, 3.05) is 43.9 Å². The van der Waals surface area contributed by atoms with E-state index in [2.05, 4.69) is 15.5 Å². The fourth-order valence-corrected chi connectivity index (χ4v) is 5.32. The number of ether oxygens (including phenoxy) is 1. The highest BCUT2D eigenvalue weighted by atomic mass is 19.1. The SMILES string of the molecule is COc1ccc(NC(C)=O)c(NC(=O)CN2CC[C@@H]3[C@H](C2)[C@@H](c2ccc(F)cc2)CN3C(C)=O)c1. The largest absolute Gasteiger partial charge is 0.497 e. The van der Waals surface area contributed by atoms with Crippen LogP contribution in [-0.2, 0) is 14.4 Å². The first-order valence-electron chi connectivity index (χ1n) is 11.8. The van der Waals surface area contributed by atoms with Gasteiger partial charge in [-0.3, -0.25) is 19.3 Å². The number of fused-ring (bicyclic) bond motifs is 1. The summed E-state index contributed by atoms with van der Waals surface area (Å²) in [7, 11) is 1.53. The monoisotopic (exact) mass is 482 g/mol. The molecule has 186 valence electrons. The average Bonchev–Trinajstić information content (AvgIpc) is 3.19. The molecule has 2 saturated heterocycles. The van der Waals surface area contributed by atoms with Crippen molar-refractivity contribution in [3.8, 4) is 5.75 Å². The summed E-state index contributed by atoms with van der Waals surface area (Å²) in [5.74, 6) is 0.105. The van der Waals surface area contributed by atoms with Crippen LogP contribution in [0.5, 0.6) is 5.75 Å². The predicted octanol–water partition coefficient (Wildman–Crippen LogP) is 3.07. The van der Waals surface area contributed by atoms with Crippen molar-refractivity contribution in [3.05, 3.63) is 53.8 Å². The van der Waals surface area contributed by atoms with Gasteiger partial charge in [0.05, 0.1) is 25.0 Å². The number of piperidine rings is 1. The Kier molecular flexibility index (Phi) is 7.35. The van der Waals surface area contributed by atoms with Gasteiger partial charge < -0.3 is 20.3 Å². The number of nitrogens with one attached hydrogen (secondary N) is 2. The Morgan fingerprint density at radius 1 is 1.03 bits per heavy atom. The summed E-state index contributed by atoms with van der Waals surface area (Å²) in [4.78, 5) is 40.8. The van der Waals surface area contributed by atoms with E-state index in [1.165, 1.54) is 26.2 Å². The molecular weight excluding hydrogens is 451 g/mol. The summed E-state index contributed by atoms with van der Waals surface area (Å²) in [6, 6.07) is 11.7. The highest BCUT2D eigenvalue weighted by Gasteiger charge is 2.46. The lowest BCUT2D eigenvalue weighted by Gasteiger charge is -2.38. The predicted molar refractivity (Wildman–Crippen MR) is 131 cm³/mol. The summed E-state index contributed by atoms with van der Waals surface area (Å²) < 4.78 is 18.7. The fourth-order valence-electron chi connectivity index (χ4n) is 5.32. The summed E-state index contributed by atoms with van der Waals surface area (Å²) in [5.41, 5.74) is 1.97. The van der Waals surface area contributed by atoms with Crippen molar-refractivity contribution in [1.82, 2.24) is 9.80 Å². The zero-order valence-electron chi connectivity index (χ0n) is 20.2. The minimum atomic E-state index is -0.287. The van der Waals surface area contributed by atoms with E-state index >= 15 is 0 Å². The Balaban J connectivity index is 1.47. The maximum atomic E-state index is 13.5. The first-order chi connectivity index (χ1) is 16.7. The van der Waals surface area contributed by atoms with Crippen molar-refractivity contribution in [3.63, 3.8) is 0 Å². The van der Waals surface area contributed by atoms with Gasteiger partial charge in [0, 0.05) is 57.4 Å². The fraction of sp³-hybridized carbons (Fsp3) is 0.423. The Morgan fingerprint density at radius 2 is 1.77 bits per heavy atom. The van der Waals surface area contributed by atoms with Gasteiger partial charge in [0.2, 0.25) is 17.7 Å². The molecule has 2 N–H and O–H groups in total. The van der Waals surface area contributed by atoms with Crippen molar-refractivity contribution < 1.29 is 23.5 Å². The normalized spacial score (nSPS) is 21.8. The van der Waals surface area contributed by atoms with Gasteiger partial charge in [0.15, 0.2) is 0 Å². The Labute approximate surface area is 204 Å². The molecule has 0 radical (unpaired) electrons. The van der Waals surface area contributed by atoms with E-state index in [9.17, 15) is 18.8 Å². The van der Waals surface area contributed by atoms with Crippen LogP contribution >= 0.6 is 0 Å². The first kappa shape index (κ1) is 24.7. The van der Waals surface area contributed by atoms with Gasteiger partial charge in [-0.05, 0) is 36.2 Å². The van der Waals surface area contributed by atoms with Gasteiger partial charge in [0.25, 0.3) is 0 Å². The number of carbonyl (C=O) groups is 3. The quantitative estimate of drug-likeness (QED) is 0.661. The molecule has 0 unspecified atom stereocenters. The number of amides is 3. The number of methoxy groups -OCH3 is 1. The van der Waals surface area contributed by atoms with Crippen LogP contribution in [0.25, 0.3) is 0 Å². The van der Waals surface area contributed by atoms with E-state index in [1.54, 1.807) is 37.3 Å². The van der Waals surface area contributed by atoms with Crippen LogP contribution in [0.1, 0.15) is 31.7 Å². The molecule has 35 heavy (non-hydrogen) atoms. The highest BCUT2D eigenvalue weighted by Crippen LogP contribution is 2.41. The molecule has 3 atom stereocenters. The van der Waals surface area contributed by atoms with Crippen LogP contribution in [0, 0.1) is 11.7 Å². The summed E-state index contributed by atoms with van der Waals surface area (Å²) in [6.07, 6.45) is 0.769. The van der Waals surface area contributed by atoms with E-state index in [0.717, 1.165) is 12.0 Å². The summed E-state index contributed by atoms with van der Waals surface area (Å²) >= 11 is 0. The standard InChI is InChI=1S/C26H31FN4O4/c1-16(32)28-23-9-8-20(35-3)12-24(23)29-26(34)15-30-11-10-25-22(13-30)21(14-31(25)17(2)33)18-4-6-19(27)7-5-18/h4-9,12,21-22,25H,10-11,13-15H2,1-3H3,(H,28,32)(H,29,34)/t21-,22-,25-/m1/s1. The number of carbonyl (C=O) groups excluding carboxylic acids is 3. The number of hydrogen-bond donors (Lipinski definition) is 2. The third kappa shape index (κ3) is 5.62. The lowest BCUT2D eigenvalue weighted by atomic mass is 9.82. The number of rotatable bonds is 6. The number of likely N-dealkylation sites (tertiary alicyclic amines) is 2. The second-order valence-electron chi connectivity index (χ2n) is 9.23. The topological polar surface area (TPSA) is 91.0 Å². The molecule has 2 aliphatic rings.